The van der Waals surface area contributed by atoms with Gasteiger partial charge < -0.3 is 0 Å². The van der Waals surface area contributed by atoms with Gasteiger partial charge in [0, 0.05) is 19.3 Å². The first-order valence-corrected chi connectivity index (χ1v) is 7.23. The quantitative estimate of drug-likeness (QED) is 0.812. The van der Waals surface area contributed by atoms with E-state index in [1.807, 2.05) is 0 Å². The fraction of sp³-hybridized carbons (Fsp3) is 0.636. The molecule has 0 N–H and O–H groups in total. The van der Waals surface area contributed by atoms with Crippen molar-refractivity contribution in [3.63, 3.8) is 0 Å². The Bertz CT molecular complexity index is 473. The summed E-state index contributed by atoms with van der Waals surface area (Å²) < 4.78 is 26.0. The third-order valence-electron chi connectivity index (χ3n) is 3.28. The molecule has 0 saturated carbocycles. The second-order valence-corrected chi connectivity index (χ2v) is 6.60. The number of nitrogens with zero attached hydrogens (tertiary/aromatic N) is 3. The summed E-state index contributed by atoms with van der Waals surface area (Å²) in [7, 11) is -3.45. The summed E-state index contributed by atoms with van der Waals surface area (Å²) in [5, 5.41) is 7.35. The van der Waals surface area contributed by atoms with E-state index in [1.54, 1.807) is 6.07 Å². The van der Waals surface area contributed by atoms with Crippen LogP contribution in [0.15, 0.2) is 23.4 Å². The molecule has 1 aromatic heterocycles. The number of aromatic nitrogens is 2. The van der Waals surface area contributed by atoms with E-state index in [9.17, 15) is 8.42 Å². The van der Waals surface area contributed by atoms with Crippen LogP contribution in [-0.2, 0) is 10.0 Å². The third-order valence-corrected chi connectivity index (χ3v) is 5.04. The van der Waals surface area contributed by atoms with E-state index in [4.69, 9.17) is 0 Å². The van der Waals surface area contributed by atoms with E-state index >= 15 is 0 Å². The van der Waals surface area contributed by atoms with E-state index < -0.39 is 10.0 Å². The Kier molecular flexibility index (Phi) is 3.44. The highest BCUT2D eigenvalue weighted by Crippen LogP contribution is 2.27. The van der Waals surface area contributed by atoms with Crippen molar-refractivity contribution in [3.8, 4) is 0 Å². The van der Waals surface area contributed by atoms with Gasteiger partial charge in [0.1, 0.15) is 0 Å². The molecule has 1 aromatic rings. The number of hydrogen-bond acceptors (Lipinski definition) is 4. The Balaban J connectivity index is 2.19. The molecule has 1 fully saturated rings. The van der Waals surface area contributed by atoms with Gasteiger partial charge in [-0.05, 0) is 30.4 Å². The van der Waals surface area contributed by atoms with Crippen molar-refractivity contribution < 1.29 is 8.42 Å². The summed E-state index contributed by atoms with van der Waals surface area (Å²) in [6.45, 7) is 5.44. The molecule has 1 aliphatic rings. The first kappa shape index (κ1) is 12.4. The molecule has 94 valence electrons. The molecule has 0 amide bonds. The first-order chi connectivity index (χ1) is 8.01. The summed E-state index contributed by atoms with van der Waals surface area (Å²) in [4.78, 5) is 0. The van der Waals surface area contributed by atoms with Gasteiger partial charge in [-0.3, -0.25) is 0 Å². The van der Waals surface area contributed by atoms with E-state index in [0.717, 1.165) is 6.42 Å². The topological polar surface area (TPSA) is 63.2 Å². The summed E-state index contributed by atoms with van der Waals surface area (Å²) in [6, 6.07) is 3.08. The van der Waals surface area contributed by atoms with Crippen LogP contribution in [0.1, 0.15) is 20.3 Å². The Morgan fingerprint density at radius 3 is 2.76 bits per heavy atom. The second kappa shape index (κ2) is 4.70. The van der Waals surface area contributed by atoms with Crippen molar-refractivity contribution in [2.75, 3.05) is 13.1 Å². The Morgan fingerprint density at radius 1 is 1.47 bits per heavy atom. The van der Waals surface area contributed by atoms with Crippen LogP contribution in [0.5, 0.6) is 0 Å². The monoisotopic (exact) mass is 255 g/mol. The van der Waals surface area contributed by atoms with Crippen molar-refractivity contribution in [2.24, 2.45) is 11.8 Å². The Labute approximate surface area is 102 Å². The molecule has 6 heteroatoms. The number of sulfonamides is 1. The maximum absolute atomic E-state index is 12.2. The van der Waals surface area contributed by atoms with Crippen molar-refractivity contribution in [3.05, 3.63) is 18.3 Å². The summed E-state index contributed by atoms with van der Waals surface area (Å²) in [6.07, 6.45) is 2.40. The minimum Gasteiger partial charge on any atom is -0.205 e. The van der Waals surface area contributed by atoms with Gasteiger partial charge in [0.2, 0.25) is 0 Å². The molecule has 5 nitrogen and oxygen atoms in total. The maximum Gasteiger partial charge on any atom is 0.262 e. The van der Waals surface area contributed by atoms with Gasteiger partial charge in [-0.15, -0.1) is 5.10 Å². The zero-order valence-corrected chi connectivity index (χ0v) is 10.9. The predicted octanol–water partition coefficient (Wildman–Crippen LogP) is 1.14. The summed E-state index contributed by atoms with van der Waals surface area (Å²) >= 11 is 0. The molecule has 0 unspecified atom stereocenters. The second-order valence-electron chi connectivity index (χ2n) is 4.72. The maximum atomic E-state index is 12.2. The number of rotatable bonds is 3. The van der Waals surface area contributed by atoms with Gasteiger partial charge in [-0.2, -0.15) is 9.40 Å². The Morgan fingerprint density at radius 2 is 2.24 bits per heavy atom. The van der Waals surface area contributed by atoms with Gasteiger partial charge in [0.05, 0.1) is 0 Å². The van der Waals surface area contributed by atoms with Gasteiger partial charge >= 0.3 is 0 Å². The molecule has 2 rings (SSSR count). The SMILES string of the molecule is CC(C)[C@@H]1CCN(S(=O)(=O)c2cccnn2)C1. The molecule has 17 heavy (non-hydrogen) atoms. The zero-order chi connectivity index (χ0) is 12.5. The first-order valence-electron chi connectivity index (χ1n) is 5.79. The van der Waals surface area contributed by atoms with Gasteiger partial charge in [-0.1, -0.05) is 13.8 Å². The molecule has 0 aliphatic carbocycles. The van der Waals surface area contributed by atoms with Crippen LogP contribution in [0, 0.1) is 11.8 Å². The molecule has 1 atom stereocenters. The predicted molar refractivity (Wildman–Crippen MR) is 63.7 cm³/mol. The van der Waals surface area contributed by atoms with Crippen molar-refractivity contribution in [1.29, 1.82) is 0 Å². The lowest BCUT2D eigenvalue weighted by molar-refractivity contribution is 0.388. The minimum absolute atomic E-state index is 0.0457. The molecule has 0 bridgehead atoms. The highest BCUT2D eigenvalue weighted by Gasteiger charge is 2.34. The van der Waals surface area contributed by atoms with Crippen LogP contribution in [0.4, 0.5) is 0 Å². The van der Waals surface area contributed by atoms with E-state index in [0.29, 0.717) is 24.9 Å². The van der Waals surface area contributed by atoms with E-state index in [2.05, 4.69) is 24.0 Å². The van der Waals surface area contributed by atoms with Gasteiger partial charge in [-0.25, -0.2) is 8.42 Å². The average molecular weight is 255 g/mol. The molecule has 2 heterocycles. The molecule has 0 radical (unpaired) electrons. The highest BCUT2D eigenvalue weighted by atomic mass is 32.2. The van der Waals surface area contributed by atoms with Gasteiger partial charge in [0.15, 0.2) is 5.03 Å². The van der Waals surface area contributed by atoms with Crippen LogP contribution in [-0.4, -0.2) is 36.0 Å². The van der Waals surface area contributed by atoms with Crippen LogP contribution >= 0.6 is 0 Å². The Hall–Kier alpha value is -1.01. The van der Waals surface area contributed by atoms with Crippen LogP contribution in [0.2, 0.25) is 0 Å². The summed E-state index contributed by atoms with van der Waals surface area (Å²) in [5.74, 6) is 0.957. The van der Waals surface area contributed by atoms with Crippen LogP contribution in [0.25, 0.3) is 0 Å². The van der Waals surface area contributed by atoms with Crippen LogP contribution < -0.4 is 0 Å². The largest absolute Gasteiger partial charge is 0.262 e. The van der Waals surface area contributed by atoms with Crippen molar-refractivity contribution >= 4 is 10.0 Å². The lowest BCUT2D eigenvalue weighted by atomic mass is 9.96. The van der Waals surface area contributed by atoms with Gasteiger partial charge in [0.25, 0.3) is 10.0 Å². The standard InChI is InChI=1S/C11H17N3O2S/c1-9(2)10-5-7-14(8-10)17(15,16)11-4-3-6-12-13-11/h3-4,6,9-10H,5,7-8H2,1-2H3/t10-/m1/s1. The molecular formula is C11H17N3O2S. The molecule has 0 aromatic carbocycles. The van der Waals surface area contributed by atoms with Crippen molar-refractivity contribution in [1.82, 2.24) is 14.5 Å². The van der Waals surface area contributed by atoms with E-state index in [-0.39, 0.29) is 5.03 Å². The minimum atomic E-state index is -3.45. The molecule has 1 saturated heterocycles. The highest BCUT2D eigenvalue weighted by molar-refractivity contribution is 7.89. The lowest BCUT2D eigenvalue weighted by Gasteiger charge is -2.17. The fourth-order valence-corrected chi connectivity index (χ4v) is 3.47. The van der Waals surface area contributed by atoms with E-state index in [1.165, 1.54) is 16.6 Å². The molecular weight excluding hydrogens is 238 g/mol. The smallest absolute Gasteiger partial charge is 0.205 e. The summed E-state index contributed by atoms with van der Waals surface area (Å²) in [5.41, 5.74) is 0. The number of hydrogen-bond donors (Lipinski definition) is 0. The zero-order valence-electron chi connectivity index (χ0n) is 10.1. The normalized spacial score (nSPS) is 22.2. The lowest BCUT2D eigenvalue weighted by Crippen LogP contribution is -2.30. The van der Waals surface area contributed by atoms with Crippen LogP contribution in [0.3, 0.4) is 0 Å². The van der Waals surface area contributed by atoms with Crippen molar-refractivity contribution in [2.45, 2.75) is 25.3 Å². The fourth-order valence-electron chi connectivity index (χ4n) is 2.07. The average Bonchev–Trinajstić information content (AvgIpc) is 2.80. The third kappa shape index (κ3) is 2.47. The molecule has 1 aliphatic heterocycles. The molecule has 0 spiro atoms.